The minimum absolute atomic E-state index is 0.178. The predicted molar refractivity (Wildman–Crippen MR) is 145 cm³/mol. The van der Waals surface area contributed by atoms with Gasteiger partial charge in [-0.1, -0.05) is 45.0 Å². The number of methoxy groups -OCH3 is 1. The van der Waals surface area contributed by atoms with E-state index in [9.17, 15) is 13.6 Å². The molecule has 1 saturated heterocycles. The summed E-state index contributed by atoms with van der Waals surface area (Å²) in [7, 11) is 1.64. The zero-order chi connectivity index (χ0) is 27.4. The van der Waals surface area contributed by atoms with Crippen molar-refractivity contribution in [2.75, 3.05) is 38.7 Å². The molecule has 0 unspecified atom stereocenters. The second kappa shape index (κ2) is 11.6. The molecule has 2 heterocycles. The lowest BCUT2D eigenvalue weighted by molar-refractivity contribution is 0.159. The Morgan fingerprint density at radius 1 is 1.13 bits per heavy atom. The minimum atomic E-state index is -0.894. The molecule has 2 amide bonds. The van der Waals surface area contributed by atoms with Gasteiger partial charge in [0, 0.05) is 43.6 Å². The summed E-state index contributed by atoms with van der Waals surface area (Å²) in [6.45, 7) is 10.7. The third-order valence-electron chi connectivity index (χ3n) is 7.58. The van der Waals surface area contributed by atoms with Gasteiger partial charge in [0.05, 0.1) is 24.0 Å². The monoisotopic (exact) mass is 525 g/mol. The highest BCUT2D eigenvalue weighted by atomic mass is 19.2. The Morgan fingerprint density at radius 3 is 2.53 bits per heavy atom. The van der Waals surface area contributed by atoms with E-state index in [0.717, 1.165) is 29.4 Å². The van der Waals surface area contributed by atoms with Gasteiger partial charge in [0.15, 0.2) is 11.6 Å². The Kier molecular flexibility index (Phi) is 8.47. The van der Waals surface area contributed by atoms with E-state index in [1.807, 2.05) is 37.3 Å². The number of nitrogens with zero attached hydrogens (tertiary/aromatic N) is 3. The number of ether oxygens (including phenoxy) is 1. The van der Waals surface area contributed by atoms with Crippen LogP contribution in [0.2, 0.25) is 0 Å². The molecule has 0 bridgehead atoms. The fourth-order valence-corrected chi connectivity index (χ4v) is 5.04. The number of para-hydroxylation sites is 1. The summed E-state index contributed by atoms with van der Waals surface area (Å²) in [5.74, 6) is -1.39. The lowest BCUT2D eigenvalue weighted by atomic mass is 9.84. The van der Waals surface area contributed by atoms with Crippen molar-refractivity contribution in [1.29, 1.82) is 0 Å². The van der Waals surface area contributed by atoms with Crippen molar-refractivity contribution in [3.8, 4) is 5.69 Å². The maximum absolute atomic E-state index is 14.1. The number of hydrogen-bond donors (Lipinski definition) is 2. The fraction of sp³-hybridized carbons (Fsp3) is 0.448. The molecule has 0 saturated carbocycles. The second-order valence-corrected chi connectivity index (χ2v) is 10.5. The minimum Gasteiger partial charge on any atom is -0.383 e. The van der Waals surface area contributed by atoms with Crippen molar-refractivity contribution in [3.05, 3.63) is 77.0 Å². The molecular formula is C29H37F2N5O2. The number of nitrogens with one attached hydrogen (secondary N) is 2. The van der Waals surface area contributed by atoms with Gasteiger partial charge in [0.2, 0.25) is 0 Å². The molecule has 1 aliphatic rings. The summed E-state index contributed by atoms with van der Waals surface area (Å²) in [4.78, 5) is 15.6. The van der Waals surface area contributed by atoms with Crippen LogP contribution in [-0.4, -0.2) is 60.1 Å². The number of benzene rings is 2. The van der Waals surface area contributed by atoms with Gasteiger partial charge in [-0.3, -0.25) is 10.2 Å². The number of carbonyl (C=O) groups excluding carboxylic acids is 1. The van der Waals surface area contributed by atoms with E-state index >= 15 is 0 Å². The molecule has 1 aliphatic heterocycles. The number of carbonyl (C=O) groups is 1. The van der Waals surface area contributed by atoms with Crippen LogP contribution in [0.25, 0.3) is 5.69 Å². The van der Waals surface area contributed by atoms with Gasteiger partial charge in [0.25, 0.3) is 0 Å². The van der Waals surface area contributed by atoms with E-state index in [0.29, 0.717) is 37.6 Å². The highest BCUT2D eigenvalue weighted by Crippen LogP contribution is 2.34. The molecule has 0 aliphatic carbocycles. The first-order valence-corrected chi connectivity index (χ1v) is 13.0. The first kappa shape index (κ1) is 27.7. The average Bonchev–Trinajstić information content (AvgIpc) is 3.45. The number of aromatic nitrogens is 2. The predicted octanol–water partition coefficient (Wildman–Crippen LogP) is 5.38. The summed E-state index contributed by atoms with van der Waals surface area (Å²) in [6.07, 6.45) is 0.889. The quantitative estimate of drug-likeness (QED) is 0.393. The molecule has 0 radical (unpaired) electrons. The first-order valence-electron chi connectivity index (χ1n) is 13.0. The van der Waals surface area contributed by atoms with Crippen molar-refractivity contribution < 1.29 is 18.3 Å². The van der Waals surface area contributed by atoms with Gasteiger partial charge in [0.1, 0.15) is 5.82 Å². The number of likely N-dealkylation sites (tertiary alicyclic amines) is 1. The van der Waals surface area contributed by atoms with Crippen molar-refractivity contribution >= 4 is 11.8 Å². The number of anilines is 1. The molecule has 1 aromatic heterocycles. The van der Waals surface area contributed by atoms with Crippen molar-refractivity contribution in [1.82, 2.24) is 20.0 Å². The van der Waals surface area contributed by atoms with Crippen LogP contribution < -0.4 is 10.6 Å². The molecule has 7 nitrogen and oxygen atoms in total. The van der Waals surface area contributed by atoms with Crippen molar-refractivity contribution in [2.24, 2.45) is 0 Å². The standard InChI is InChI=1S/C29H37F2N5O2/c1-6-29(3,4)26-19(2)27(36(34-26)21-10-8-7-9-11-21)33-28(37)32-25-18-35(14-15-38-5)17-22(25)20-12-13-23(30)24(31)16-20/h7-13,16,22,25H,6,14-15,17-18H2,1-5H3,(H2,32,33,37)/t22-,25+/m0/s1. The summed E-state index contributed by atoms with van der Waals surface area (Å²) in [5.41, 5.74) is 3.13. The van der Waals surface area contributed by atoms with Gasteiger partial charge in [-0.05, 0) is 43.2 Å². The van der Waals surface area contributed by atoms with Crippen LogP contribution in [0.15, 0.2) is 48.5 Å². The maximum atomic E-state index is 14.1. The summed E-state index contributed by atoms with van der Waals surface area (Å²) >= 11 is 0. The molecular weight excluding hydrogens is 488 g/mol. The van der Waals surface area contributed by atoms with E-state index in [-0.39, 0.29) is 23.4 Å². The molecule has 38 heavy (non-hydrogen) atoms. The second-order valence-electron chi connectivity index (χ2n) is 10.5. The smallest absolute Gasteiger partial charge is 0.320 e. The number of rotatable bonds is 9. The number of amides is 2. The van der Waals surface area contributed by atoms with Crippen LogP contribution in [0.5, 0.6) is 0 Å². The van der Waals surface area contributed by atoms with Crippen LogP contribution in [0.3, 0.4) is 0 Å². The molecule has 4 rings (SSSR count). The third-order valence-corrected chi connectivity index (χ3v) is 7.58. The van der Waals surface area contributed by atoms with Crippen LogP contribution in [-0.2, 0) is 10.2 Å². The summed E-state index contributed by atoms with van der Waals surface area (Å²) < 4.78 is 34.7. The van der Waals surface area contributed by atoms with E-state index in [1.54, 1.807) is 17.9 Å². The van der Waals surface area contributed by atoms with Crippen molar-refractivity contribution in [2.45, 2.75) is 51.5 Å². The third kappa shape index (κ3) is 5.89. The normalized spacial score (nSPS) is 18.1. The Labute approximate surface area is 223 Å². The van der Waals surface area contributed by atoms with E-state index < -0.39 is 11.6 Å². The van der Waals surface area contributed by atoms with Crippen LogP contribution >= 0.6 is 0 Å². The molecule has 0 spiro atoms. The largest absolute Gasteiger partial charge is 0.383 e. The lowest BCUT2D eigenvalue weighted by Crippen LogP contribution is -2.42. The van der Waals surface area contributed by atoms with Crippen LogP contribution in [0.4, 0.5) is 19.4 Å². The molecule has 1 fully saturated rings. The lowest BCUT2D eigenvalue weighted by Gasteiger charge is -2.22. The number of halogens is 2. The molecule has 2 N–H and O–H groups in total. The Bertz CT molecular complexity index is 1260. The van der Waals surface area contributed by atoms with Gasteiger partial charge < -0.3 is 10.1 Å². The molecule has 2 atom stereocenters. The van der Waals surface area contributed by atoms with E-state index in [2.05, 4.69) is 36.3 Å². The fourth-order valence-electron chi connectivity index (χ4n) is 5.04. The topological polar surface area (TPSA) is 71.4 Å². The SMILES string of the molecule is CCC(C)(C)c1nn(-c2ccccc2)c(NC(=O)N[C@@H]2CN(CCOC)C[C@H]2c2ccc(F)c(F)c2)c1C. The van der Waals surface area contributed by atoms with Gasteiger partial charge in [-0.15, -0.1) is 0 Å². The molecule has 2 aromatic carbocycles. The zero-order valence-electron chi connectivity index (χ0n) is 22.7. The number of hydrogen-bond acceptors (Lipinski definition) is 4. The highest BCUT2D eigenvalue weighted by Gasteiger charge is 2.36. The zero-order valence-corrected chi connectivity index (χ0v) is 22.7. The van der Waals surface area contributed by atoms with Gasteiger partial charge in [-0.2, -0.15) is 5.10 Å². The highest BCUT2D eigenvalue weighted by molar-refractivity contribution is 5.90. The van der Waals surface area contributed by atoms with E-state index in [1.165, 1.54) is 6.07 Å². The summed E-state index contributed by atoms with van der Waals surface area (Å²) in [5, 5.41) is 11.0. The maximum Gasteiger partial charge on any atom is 0.320 e. The molecule has 9 heteroatoms. The number of urea groups is 1. The Morgan fingerprint density at radius 2 is 1.87 bits per heavy atom. The summed E-state index contributed by atoms with van der Waals surface area (Å²) in [6, 6.07) is 12.9. The first-order chi connectivity index (χ1) is 18.1. The van der Waals surface area contributed by atoms with E-state index in [4.69, 9.17) is 9.84 Å². The molecule has 204 valence electrons. The van der Waals surface area contributed by atoms with Crippen LogP contribution in [0.1, 0.15) is 49.9 Å². The average molecular weight is 526 g/mol. The van der Waals surface area contributed by atoms with Crippen LogP contribution in [0, 0.1) is 18.6 Å². The van der Waals surface area contributed by atoms with Crippen molar-refractivity contribution in [3.63, 3.8) is 0 Å². The Balaban J connectivity index is 1.61. The molecule has 3 aromatic rings. The Hall–Kier alpha value is -3.30. The van der Waals surface area contributed by atoms with Gasteiger partial charge >= 0.3 is 6.03 Å². The van der Waals surface area contributed by atoms with Gasteiger partial charge in [-0.25, -0.2) is 18.3 Å².